The summed E-state index contributed by atoms with van der Waals surface area (Å²) in [7, 11) is 0. The molecule has 6 nitrogen and oxygen atoms in total. The number of ether oxygens (including phenoxy) is 1. The fourth-order valence-corrected chi connectivity index (χ4v) is 5.80. The Labute approximate surface area is 185 Å². The first-order valence-electron chi connectivity index (χ1n) is 12.3. The number of piperazine rings is 1. The molecule has 2 amide bonds. The Morgan fingerprint density at radius 3 is 2.52 bits per heavy atom. The Bertz CT molecular complexity index is 812. The maximum absolute atomic E-state index is 13.3. The second kappa shape index (κ2) is 9.19. The van der Waals surface area contributed by atoms with E-state index in [1.807, 2.05) is 9.80 Å². The van der Waals surface area contributed by atoms with E-state index in [0.717, 1.165) is 96.6 Å². The first-order valence-corrected chi connectivity index (χ1v) is 12.3. The number of rotatable bonds is 4. The lowest BCUT2D eigenvalue weighted by molar-refractivity contribution is -0.147. The molecular formula is C25H35N3O3. The molecule has 0 bridgehead atoms. The van der Waals surface area contributed by atoms with E-state index in [1.54, 1.807) is 0 Å². The Morgan fingerprint density at radius 2 is 1.71 bits per heavy atom. The highest BCUT2D eigenvalue weighted by molar-refractivity contribution is 5.89. The molecule has 1 unspecified atom stereocenters. The van der Waals surface area contributed by atoms with Gasteiger partial charge in [0.15, 0.2) is 0 Å². The molecule has 0 N–H and O–H groups in total. The molecular weight excluding hydrogens is 390 g/mol. The van der Waals surface area contributed by atoms with Gasteiger partial charge in [-0.3, -0.25) is 14.5 Å². The van der Waals surface area contributed by atoms with E-state index in [4.69, 9.17) is 4.74 Å². The van der Waals surface area contributed by atoms with Crippen LogP contribution in [0.15, 0.2) is 18.2 Å². The van der Waals surface area contributed by atoms with Crippen molar-refractivity contribution < 1.29 is 14.3 Å². The van der Waals surface area contributed by atoms with Crippen molar-refractivity contribution in [2.45, 2.75) is 64.0 Å². The fourth-order valence-electron chi connectivity index (χ4n) is 5.80. The van der Waals surface area contributed by atoms with Crippen molar-refractivity contribution in [1.29, 1.82) is 0 Å². The zero-order valence-corrected chi connectivity index (χ0v) is 18.6. The summed E-state index contributed by atoms with van der Waals surface area (Å²) in [6.07, 6.45) is 8.35. The van der Waals surface area contributed by atoms with Crippen molar-refractivity contribution in [3.63, 3.8) is 0 Å². The molecule has 1 atom stereocenters. The molecule has 0 radical (unpaired) electrons. The van der Waals surface area contributed by atoms with E-state index in [9.17, 15) is 9.59 Å². The lowest BCUT2D eigenvalue weighted by Gasteiger charge is -2.38. The molecule has 168 valence electrons. The van der Waals surface area contributed by atoms with Crippen LogP contribution in [0.1, 0.15) is 56.1 Å². The smallest absolute Gasteiger partial charge is 0.245 e. The maximum Gasteiger partial charge on any atom is 0.245 e. The largest absolute Gasteiger partial charge is 0.493 e. The molecule has 1 saturated carbocycles. The highest BCUT2D eigenvalue weighted by Gasteiger charge is 2.39. The zero-order valence-electron chi connectivity index (χ0n) is 18.6. The van der Waals surface area contributed by atoms with Gasteiger partial charge in [0.25, 0.3) is 0 Å². The second-order valence-electron chi connectivity index (χ2n) is 9.67. The minimum Gasteiger partial charge on any atom is -0.493 e. The number of fused-ring (bicyclic) bond motifs is 1. The lowest BCUT2D eigenvalue weighted by Crippen LogP contribution is -2.54. The molecule has 6 heteroatoms. The van der Waals surface area contributed by atoms with Crippen LogP contribution in [-0.2, 0) is 22.6 Å². The van der Waals surface area contributed by atoms with Crippen molar-refractivity contribution >= 4 is 11.8 Å². The van der Waals surface area contributed by atoms with Crippen LogP contribution in [0.3, 0.4) is 0 Å². The van der Waals surface area contributed by atoms with Gasteiger partial charge in [0.2, 0.25) is 11.8 Å². The average molecular weight is 426 g/mol. The van der Waals surface area contributed by atoms with E-state index < -0.39 is 0 Å². The molecule has 1 aromatic carbocycles. The van der Waals surface area contributed by atoms with Gasteiger partial charge in [0.05, 0.1) is 6.61 Å². The SMILES string of the molecule is O=C(C1CCCN1C(=O)C1CCCCC1)N1CCN(Cc2ccc3c(c2)CCO3)CC1. The van der Waals surface area contributed by atoms with Crippen molar-refractivity contribution in [3.05, 3.63) is 29.3 Å². The zero-order chi connectivity index (χ0) is 21.2. The fraction of sp³-hybridized carbons (Fsp3) is 0.680. The molecule has 1 aromatic rings. The standard InChI is InChI=1S/C25H35N3O3/c29-24(20-5-2-1-3-6-20)28-11-4-7-22(28)25(30)27-14-12-26(13-15-27)18-19-8-9-23-21(17-19)10-16-31-23/h8-9,17,20,22H,1-7,10-16,18H2. The van der Waals surface area contributed by atoms with Crippen LogP contribution in [0.25, 0.3) is 0 Å². The van der Waals surface area contributed by atoms with Crippen molar-refractivity contribution in [3.8, 4) is 5.75 Å². The third kappa shape index (κ3) is 4.45. The first kappa shape index (κ1) is 20.8. The molecule has 0 aromatic heterocycles. The van der Waals surface area contributed by atoms with Gasteiger partial charge in [0, 0.05) is 51.6 Å². The monoisotopic (exact) mass is 425 g/mol. The average Bonchev–Trinajstić information content (AvgIpc) is 3.48. The van der Waals surface area contributed by atoms with Gasteiger partial charge in [-0.05, 0) is 42.9 Å². The minimum absolute atomic E-state index is 0.150. The molecule has 2 saturated heterocycles. The summed E-state index contributed by atoms with van der Waals surface area (Å²) in [5.41, 5.74) is 2.64. The molecule has 0 spiro atoms. The Morgan fingerprint density at radius 1 is 0.903 bits per heavy atom. The van der Waals surface area contributed by atoms with Gasteiger partial charge in [-0.2, -0.15) is 0 Å². The molecule has 3 aliphatic heterocycles. The van der Waals surface area contributed by atoms with E-state index in [2.05, 4.69) is 23.1 Å². The molecule has 31 heavy (non-hydrogen) atoms. The van der Waals surface area contributed by atoms with Gasteiger partial charge in [-0.15, -0.1) is 0 Å². The number of benzene rings is 1. The highest BCUT2D eigenvalue weighted by atomic mass is 16.5. The highest BCUT2D eigenvalue weighted by Crippen LogP contribution is 2.30. The van der Waals surface area contributed by atoms with Crippen molar-refractivity contribution in [2.75, 3.05) is 39.3 Å². The topological polar surface area (TPSA) is 53.1 Å². The third-order valence-corrected chi connectivity index (χ3v) is 7.62. The molecule has 4 aliphatic rings. The number of carbonyl (C=O) groups is 2. The summed E-state index contributed by atoms with van der Waals surface area (Å²) in [6.45, 7) is 5.77. The Kier molecular flexibility index (Phi) is 6.17. The van der Waals surface area contributed by atoms with Crippen LogP contribution in [0.4, 0.5) is 0 Å². The summed E-state index contributed by atoms with van der Waals surface area (Å²) >= 11 is 0. The number of carbonyl (C=O) groups excluding carboxylic acids is 2. The van der Waals surface area contributed by atoms with Gasteiger partial charge < -0.3 is 14.5 Å². The predicted octanol–water partition coefficient (Wildman–Crippen LogP) is 2.84. The van der Waals surface area contributed by atoms with E-state index in [1.165, 1.54) is 17.5 Å². The van der Waals surface area contributed by atoms with E-state index >= 15 is 0 Å². The molecule has 1 aliphatic carbocycles. The quantitative estimate of drug-likeness (QED) is 0.744. The normalized spacial score (nSPS) is 24.8. The maximum atomic E-state index is 13.3. The molecule has 5 rings (SSSR count). The van der Waals surface area contributed by atoms with Crippen LogP contribution in [0, 0.1) is 5.92 Å². The minimum atomic E-state index is -0.224. The Balaban J connectivity index is 1.14. The van der Waals surface area contributed by atoms with Gasteiger partial charge in [-0.25, -0.2) is 0 Å². The first-order chi connectivity index (χ1) is 15.2. The summed E-state index contributed by atoms with van der Waals surface area (Å²) in [5.74, 6) is 1.60. The number of likely N-dealkylation sites (tertiary alicyclic amines) is 1. The summed E-state index contributed by atoms with van der Waals surface area (Å²) in [4.78, 5) is 32.7. The van der Waals surface area contributed by atoms with Gasteiger partial charge in [0.1, 0.15) is 11.8 Å². The van der Waals surface area contributed by atoms with Crippen LogP contribution < -0.4 is 4.74 Å². The van der Waals surface area contributed by atoms with Crippen LogP contribution in [-0.4, -0.2) is 71.9 Å². The third-order valence-electron chi connectivity index (χ3n) is 7.62. The molecule has 3 fully saturated rings. The van der Waals surface area contributed by atoms with Crippen LogP contribution in [0.2, 0.25) is 0 Å². The number of hydrogen-bond acceptors (Lipinski definition) is 4. The van der Waals surface area contributed by atoms with Crippen LogP contribution >= 0.6 is 0 Å². The molecule has 3 heterocycles. The Hall–Kier alpha value is -2.08. The van der Waals surface area contributed by atoms with Gasteiger partial charge in [-0.1, -0.05) is 31.4 Å². The van der Waals surface area contributed by atoms with Gasteiger partial charge >= 0.3 is 0 Å². The number of nitrogens with zero attached hydrogens (tertiary/aromatic N) is 3. The number of hydrogen-bond donors (Lipinski definition) is 0. The number of amides is 2. The second-order valence-corrected chi connectivity index (χ2v) is 9.67. The summed E-state index contributed by atoms with van der Waals surface area (Å²) in [6, 6.07) is 6.30. The predicted molar refractivity (Wildman–Crippen MR) is 119 cm³/mol. The van der Waals surface area contributed by atoms with E-state index in [0.29, 0.717) is 0 Å². The summed E-state index contributed by atoms with van der Waals surface area (Å²) in [5, 5.41) is 0. The van der Waals surface area contributed by atoms with Crippen molar-refractivity contribution in [2.24, 2.45) is 5.92 Å². The van der Waals surface area contributed by atoms with E-state index in [-0.39, 0.29) is 23.8 Å². The van der Waals surface area contributed by atoms with Crippen LogP contribution in [0.5, 0.6) is 5.75 Å². The van der Waals surface area contributed by atoms with Crippen molar-refractivity contribution in [1.82, 2.24) is 14.7 Å². The summed E-state index contributed by atoms with van der Waals surface area (Å²) < 4.78 is 5.61. The lowest BCUT2D eigenvalue weighted by atomic mass is 9.88.